The van der Waals surface area contributed by atoms with Gasteiger partial charge < -0.3 is 30.0 Å². The van der Waals surface area contributed by atoms with Crippen molar-refractivity contribution < 1.29 is 19.7 Å². The zero-order chi connectivity index (χ0) is 14.1. The Hall–Kier alpha value is -1.81. The number of imidazole rings is 1. The van der Waals surface area contributed by atoms with E-state index in [9.17, 15) is 10.2 Å². The third-order valence-electron chi connectivity index (χ3n) is 3.24. The molecule has 1 saturated heterocycles. The Balaban J connectivity index is 1.69. The number of anilines is 1. The summed E-state index contributed by atoms with van der Waals surface area (Å²) in [6, 6.07) is 0. The number of ether oxygens (including phenoxy) is 2. The Morgan fingerprint density at radius 1 is 1.35 bits per heavy atom. The lowest BCUT2D eigenvalue weighted by Gasteiger charge is -2.15. The number of aromatic nitrogens is 4. The first-order chi connectivity index (χ1) is 9.70. The molecular weight excluding hydrogens is 266 g/mol. The number of nitrogens with one attached hydrogen (secondary N) is 2. The number of hydrogen-bond donors (Lipinski definition) is 4. The summed E-state index contributed by atoms with van der Waals surface area (Å²) >= 11 is 0. The van der Waals surface area contributed by atoms with Crippen molar-refractivity contribution in [3.8, 4) is 0 Å². The van der Waals surface area contributed by atoms with Crippen LogP contribution in [0.5, 0.6) is 0 Å². The molecule has 4 N–H and O–H groups in total. The fraction of sp³-hybridized carbons (Fsp3) is 0.545. The van der Waals surface area contributed by atoms with Crippen molar-refractivity contribution in [1.29, 1.82) is 0 Å². The maximum absolute atomic E-state index is 9.86. The first-order valence-electron chi connectivity index (χ1n) is 6.13. The molecule has 9 heteroatoms. The number of fused-ring (bicyclic) bond motifs is 1. The van der Waals surface area contributed by atoms with Gasteiger partial charge in [-0.3, -0.25) is 0 Å². The summed E-state index contributed by atoms with van der Waals surface area (Å²) in [6.45, 7) is 0.267. The first-order valence-corrected chi connectivity index (χ1v) is 6.13. The van der Waals surface area contributed by atoms with Crippen LogP contribution in [0.3, 0.4) is 0 Å². The summed E-state index contributed by atoms with van der Waals surface area (Å²) in [4.78, 5) is 15.1. The highest BCUT2D eigenvalue weighted by Gasteiger charge is 2.42. The maximum Gasteiger partial charge on any atom is 0.186 e. The van der Waals surface area contributed by atoms with Crippen molar-refractivity contribution in [2.75, 3.05) is 19.0 Å². The molecular formula is C11H15N5O4. The number of hydrogen-bond acceptors (Lipinski definition) is 8. The van der Waals surface area contributed by atoms with E-state index in [-0.39, 0.29) is 6.54 Å². The first kappa shape index (κ1) is 13.2. The second-order valence-corrected chi connectivity index (χ2v) is 4.46. The number of aliphatic hydroxyl groups excluding tert-OH is 2. The minimum Gasteiger partial charge on any atom is -0.387 e. The molecule has 0 aromatic carbocycles. The van der Waals surface area contributed by atoms with Crippen LogP contribution in [0.15, 0.2) is 12.7 Å². The number of aliphatic hydroxyl groups is 2. The van der Waals surface area contributed by atoms with E-state index in [0.717, 1.165) is 0 Å². The molecule has 3 rings (SSSR count). The summed E-state index contributed by atoms with van der Waals surface area (Å²) in [6.07, 6.45) is -0.589. The van der Waals surface area contributed by atoms with Gasteiger partial charge in [-0.25, -0.2) is 15.0 Å². The van der Waals surface area contributed by atoms with Gasteiger partial charge in [-0.2, -0.15) is 0 Å². The van der Waals surface area contributed by atoms with E-state index < -0.39 is 24.6 Å². The molecule has 0 aliphatic carbocycles. The summed E-state index contributed by atoms with van der Waals surface area (Å²) < 4.78 is 10.3. The standard InChI is InChI=1S/C11H15N5O4/c1-19-11-8(18)7(17)5(20-11)2-12-9-6-10(14-3-13-6)16-4-15-9/h3-5,7-8,11,17-18H,2H2,1H3,(H2,12,13,14,15,16)/t5-,7-,8-,11-/m1/s1. The molecule has 2 aromatic rings. The van der Waals surface area contributed by atoms with Gasteiger partial charge >= 0.3 is 0 Å². The highest BCUT2D eigenvalue weighted by atomic mass is 16.7. The number of rotatable bonds is 4. The highest BCUT2D eigenvalue weighted by Crippen LogP contribution is 2.22. The lowest BCUT2D eigenvalue weighted by molar-refractivity contribution is -0.146. The van der Waals surface area contributed by atoms with Crippen molar-refractivity contribution in [3.05, 3.63) is 12.7 Å². The number of nitrogens with zero attached hydrogens (tertiary/aromatic N) is 3. The van der Waals surface area contributed by atoms with Gasteiger partial charge in [-0.05, 0) is 0 Å². The molecule has 0 unspecified atom stereocenters. The Labute approximate surface area is 114 Å². The van der Waals surface area contributed by atoms with E-state index in [0.29, 0.717) is 17.0 Å². The van der Waals surface area contributed by atoms with Crippen LogP contribution in [0.25, 0.3) is 11.2 Å². The molecule has 0 radical (unpaired) electrons. The maximum atomic E-state index is 9.86. The van der Waals surface area contributed by atoms with E-state index >= 15 is 0 Å². The van der Waals surface area contributed by atoms with Crippen LogP contribution < -0.4 is 5.32 Å². The fourth-order valence-electron chi connectivity index (χ4n) is 2.17. The van der Waals surface area contributed by atoms with E-state index in [1.165, 1.54) is 19.8 Å². The number of H-pyrrole nitrogens is 1. The minimum atomic E-state index is -1.07. The quantitative estimate of drug-likeness (QED) is 0.554. The van der Waals surface area contributed by atoms with Crippen molar-refractivity contribution >= 4 is 17.0 Å². The molecule has 0 amide bonds. The Morgan fingerprint density at radius 3 is 2.95 bits per heavy atom. The van der Waals surface area contributed by atoms with Gasteiger partial charge in [-0.1, -0.05) is 0 Å². The lowest BCUT2D eigenvalue weighted by Crippen LogP contribution is -2.35. The van der Waals surface area contributed by atoms with Gasteiger partial charge in [0.25, 0.3) is 0 Å². The molecule has 3 heterocycles. The van der Waals surface area contributed by atoms with Crippen LogP contribution in [0.2, 0.25) is 0 Å². The van der Waals surface area contributed by atoms with Crippen LogP contribution in [0.1, 0.15) is 0 Å². The molecule has 0 spiro atoms. The molecule has 0 saturated carbocycles. The second-order valence-electron chi connectivity index (χ2n) is 4.46. The predicted octanol–water partition coefficient (Wildman–Crippen LogP) is -1.14. The lowest BCUT2D eigenvalue weighted by atomic mass is 10.1. The third-order valence-corrected chi connectivity index (χ3v) is 3.24. The molecule has 1 aliphatic rings. The SMILES string of the molecule is CO[C@@H]1O[C@H](CNc2ncnc3nc[nH]c23)[C@@H](O)[C@H]1O. The third kappa shape index (κ3) is 2.20. The second kappa shape index (κ2) is 5.29. The van der Waals surface area contributed by atoms with E-state index in [1.807, 2.05) is 0 Å². The van der Waals surface area contributed by atoms with Gasteiger partial charge in [0.2, 0.25) is 0 Å². The summed E-state index contributed by atoms with van der Waals surface area (Å²) in [5, 5.41) is 22.6. The van der Waals surface area contributed by atoms with Gasteiger partial charge in [0, 0.05) is 13.7 Å². The van der Waals surface area contributed by atoms with Crippen molar-refractivity contribution in [1.82, 2.24) is 19.9 Å². The highest BCUT2D eigenvalue weighted by molar-refractivity contribution is 5.81. The molecule has 4 atom stereocenters. The van der Waals surface area contributed by atoms with E-state index in [4.69, 9.17) is 9.47 Å². The summed E-state index contributed by atoms with van der Waals surface area (Å²) in [5.41, 5.74) is 1.22. The molecule has 108 valence electrons. The normalized spacial score (nSPS) is 29.9. The predicted molar refractivity (Wildman–Crippen MR) is 67.9 cm³/mol. The molecule has 1 fully saturated rings. The van der Waals surface area contributed by atoms with Crippen LogP contribution in [-0.2, 0) is 9.47 Å². The van der Waals surface area contributed by atoms with Gasteiger partial charge in [0.05, 0.1) is 6.33 Å². The van der Waals surface area contributed by atoms with Crippen molar-refractivity contribution in [2.24, 2.45) is 0 Å². The fourth-order valence-corrected chi connectivity index (χ4v) is 2.17. The number of methoxy groups -OCH3 is 1. The molecule has 20 heavy (non-hydrogen) atoms. The van der Waals surface area contributed by atoms with Gasteiger partial charge in [-0.15, -0.1) is 0 Å². The molecule has 2 aromatic heterocycles. The van der Waals surface area contributed by atoms with Crippen LogP contribution in [0, 0.1) is 0 Å². The van der Waals surface area contributed by atoms with E-state index in [2.05, 4.69) is 25.3 Å². The monoisotopic (exact) mass is 281 g/mol. The zero-order valence-corrected chi connectivity index (χ0v) is 10.7. The number of aromatic amines is 1. The zero-order valence-electron chi connectivity index (χ0n) is 10.7. The minimum absolute atomic E-state index is 0.267. The summed E-state index contributed by atoms with van der Waals surface area (Å²) in [5.74, 6) is 0.554. The van der Waals surface area contributed by atoms with Gasteiger partial charge in [0.1, 0.15) is 30.2 Å². The van der Waals surface area contributed by atoms with Crippen molar-refractivity contribution in [2.45, 2.75) is 24.6 Å². The largest absolute Gasteiger partial charge is 0.387 e. The van der Waals surface area contributed by atoms with Crippen LogP contribution >= 0.6 is 0 Å². The Morgan fingerprint density at radius 2 is 2.20 bits per heavy atom. The molecule has 1 aliphatic heterocycles. The van der Waals surface area contributed by atoms with Crippen molar-refractivity contribution in [3.63, 3.8) is 0 Å². The topological polar surface area (TPSA) is 125 Å². The average Bonchev–Trinajstić information content (AvgIpc) is 3.04. The Bertz CT molecular complexity index is 591. The molecule has 9 nitrogen and oxygen atoms in total. The smallest absolute Gasteiger partial charge is 0.186 e. The summed E-state index contributed by atoms with van der Waals surface area (Å²) in [7, 11) is 1.41. The van der Waals surface area contributed by atoms with Crippen LogP contribution in [0.4, 0.5) is 5.82 Å². The molecule has 0 bridgehead atoms. The van der Waals surface area contributed by atoms with Crippen LogP contribution in [-0.4, -0.2) is 68.4 Å². The average molecular weight is 281 g/mol. The van der Waals surface area contributed by atoms with E-state index in [1.54, 1.807) is 0 Å². The Kier molecular flexibility index (Phi) is 3.49. The van der Waals surface area contributed by atoms with Gasteiger partial charge in [0.15, 0.2) is 17.8 Å².